The Labute approximate surface area is 105 Å². The quantitative estimate of drug-likeness (QED) is 0.857. The van der Waals surface area contributed by atoms with Crippen molar-refractivity contribution in [1.82, 2.24) is 14.9 Å². The fourth-order valence-electron chi connectivity index (χ4n) is 2.12. The van der Waals surface area contributed by atoms with Crippen LogP contribution >= 0.6 is 11.6 Å². The third-order valence-corrected chi connectivity index (χ3v) is 3.31. The molecule has 17 heavy (non-hydrogen) atoms. The molecule has 0 aliphatic carbocycles. The van der Waals surface area contributed by atoms with Gasteiger partial charge in [-0.1, -0.05) is 11.6 Å². The molecule has 0 bridgehead atoms. The molecule has 1 aromatic heterocycles. The third-order valence-electron chi connectivity index (χ3n) is 3.03. The molecular formula is C11H15ClN4O. The molecule has 2 heterocycles. The Morgan fingerprint density at radius 1 is 1.59 bits per heavy atom. The molecule has 5 nitrogen and oxygen atoms in total. The summed E-state index contributed by atoms with van der Waals surface area (Å²) in [5.74, 6) is -0.146. The van der Waals surface area contributed by atoms with E-state index in [-0.39, 0.29) is 17.6 Å². The second-order valence-electron chi connectivity index (χ2n) is 4.10. The first-order valence-corrected chi connectivity index (χ1v) is 6.08. The van der Waals surface area contributed by atoms with E-state index in [2.05, 4.69) is 9.97 Å². The fourth-order valence-corrected chi connectivity index (χ4v) is 2.31. The van der Waals surface area contributed by atoms with E-state index in [9.17, 15) is 4.79 Å². The smallest absolute Gasteiger partial charge is 0.274 e. The van der Waals surface area contributed by atoms with Crippen LogP contribution in [0.5, 0.6) is 0 Å². The van der Waals surface area contributed by atoms with Gasteiger partial charge in [0.2, 0.25) is 0 Å². The van der Waals surface area contributed by atoms with Crippen molar-refractivity contribution in [3.63, 3.8) is 0 Å². The number of hydrogen-bond donors (Lipinski definition) is 1. The van der Waals surface area contributed by atoms with Crippen LogP contribution < -0.4 is 5.73 Å². The number of nitrogens with zero attached hydrogens (tertiary/aromatic N) is 3. The molecular weight excluding hydrogens is 240 g/mol. The summed E-state index contributed by atoms with van der Waals surface area (Å²) < 4.78 is 0. The molecule has 92 valence electrons. The zero-order valence-corrected chi connectivity index (χ0v) is 10.2. The number of nitrogens with two attached hydrogens (primary N) is 1. The minimum Gasteiger partial charge on any atom is -0.333 e. The first-order chi connectivity index (χ1) is 8.24. The van der Waals surface area contributed by atoms with Gasteiger partial charge in [-0.05, 0) is 19.3 Å². The normalized spacial score (nSPS) is 20.4. The van der Waals surface area contributed by atoms with Crippen molar-refractivity contribution in [2.45, 2.75) is 25.3 Å². The van der Waals surface area contributed by atoms with Crippen molar-refractivity contribution in [1.29, 1.82) is 0 Å². The molecule has 1 fully saturated rings. The number of rotatable bonds is 2. The topological polar surface area (TPSA) is 72.1 Å². The summed E-state index contributed by atoms with van der Waals surface area (Å²) in [6.07, 6.45) is 5.84. The molecule has 1 aliphatic rings. The zero-order chi connectivity index (χ0) is 12.3. The zero-order valence-electron chi connectivity index (χ0n) is 9.47. The number of carbonyl (C=O) groups is 1. The van der Waals surface area contributed by atoms with Crippen LogP contribution in [0.2, 0.25) is 5.02 Å². The average Bonchev–Trinajstić information content (AvgIpc) is 2.38. The van der Waals surface area contributed by atoms with Crippen LogP contribution in [0.25, 0.3) is 0 Å². The van der Waals surface area contributed by atoms with Crippen LogP contribution in [-0.4, -0.2) is 39.9 Å². The molecule has 0 radical (unpaired) electrons. The maximum Gasteiger partial charge on any atom is 0.274 e. The molecule has 1 atom stereocenters. The van der Waals surface area contributed by atoms with Crippen molar-refractivity contribution in [3.05, 3.63) is 23.2 Å². The summed E-state index contributed by atoms with van der Waals surface area (Å²) >= 11 is 5.93. The Bertz CT molecular complexity index is 412. The Hall–Kier alpha value is -1.20. The lowest BCUT2D eigenvalue weighted by atomic mass is 10.0. The second-order valence-corrected chi connectivity index (χ2v) is 4.51. The van der Waals surface area contributed by atoms with Crippen LogP contribution in [0.15, 0.2) is 12.5 Å². The number of piperidine rings is 1. The molecule has 1 unspecified atom stereocenters. The van der Waals surface area contributed by atoms with Crippen LogP contribution in [0.4, 0.5) is 0 Å². The monoisotopic (exact) mass is 254 g/mol. The second kappa shape index (κ2) is 5.42. The van der Waals surface area contributed by atoms with E-state index in [0.29, 0.717) is 11.6 Å². The molecule has 1 aliphatic heterocycles. The van der Waals surface area contributed by atoms with Crippen molar-refractivity contribution in [2.75, 3.05) is 13.1 Å². The van der Waals surface area contributed by atoms with Gasteiger partial charge in [0, 0.05) is 25.3 Å². The van der Waals surface area contributed by atoms with Gasteiger partial charge >= 0.3 is 0 Å². The fraction of sp³-hybridized carbons (Fsp3) is 0.545. The lowest BCUT2D eigenvalue weighted by molar-refractivity contribution is 0.0617. The van der Waals surface area contributed by atoms with Crippen LogP contribution in [-0.2, 0) is 0 Å². The average molecular weight is 255 g/mol. The molecule has 0 aromatic carbocycles. The largest absolute Gasteiger partial charge is 0.333 e. The number of amides is 1. The number of hydrogen-bond acceptors (Lipinski definition) is 4. The van der Waals surface area contributed by atoms with Gasteiger partial charge in [-0.2, -0.15) is 0 Å². The first-order valence-electron chi connectivity index (χ1n) is 5.70. The van der Waals surface area contributed by atoms with Crippen molar-refractivity contribution in [2.24, 2.45) is 5.73 Å². The van der Waals surface area contributed by atoms with Gasteiger partial charge in [0.1, 0.15) is 12.0 Å². The summed E-state index contributed by atoms with van der Waals surface area (Å²) in [5, 5.41) is 0.291. The summed E-state index contributed by atoms with van der Waals surface area (Å²) in [5.41, 5.74) is 5.95. The Morgan fingerprint density at radius 2 is 2.41 bits per heavy atom. The lowest BCUT2D eigenvalue weighted by Crippen LogP contribution is -2.47. The van der Waals surface area contributed by atoms with E-state index in [1.807, 2.05) is 0 Å². The number of aromatic nitrogens is 2. The lowest BCUT2D eigenvalue weighted by Gasteiger charge is -2.34. The highest BCUT2D eigenvalue weighted by atomic mass is 35.5. The van der Waals surface area contributed by atoms with Crippen LogP contribution in [0, 0.1) is 0 Å². The molecule has 1 aromatic rings. The van der Waals surface area contributed by atoms with Gasteiger partial charge in [0.15, 0.2) is 0 Å². The van der Waals surface area contributed by atoms with Crippen molar-refractivity contribution in [3.8, 4) is 0 Å². The standard InChI is InChI=1S/C11H15ClN4O/c12-9-6-14-7-15-10(9)11(17)16-4-2-1-3-8(16)5-13/h6-8H,1-5,13H2. The predicted octanol–water partition coefficient (Wildman–Crippen LogP) is 1.08. The summed E-state index contributed by atoms with van der Waals surface area (Å²) in [6.45, 7) is 1.20. The van der Waals surface area contributed by atoms with Gasteiger partial charge in [0.25, 0.3) is 5.91 Å². The van der Waals surface area contributed by atoms with E-state index in [1.54, 1.807) is 4.90 Å². The maximum atomic E-state index is 12.3. The van der Waals surface area contributed by atoms with Gasteiger partial charge in [0.05, 0.1) is 5.02 Å². The summed E-state index contributed by atoms with van der Waals surface area (Å²) in [6, 6.07) is 0.0993. The highest BCUT2D eigenvalue weighted by Crippen LogP contribution is 2.20. The Balaban J connectivity index is 2.21. The van der Waals surface area contributed by atoms with Crippen LogP contribution in [0.3, 0.4) is 0 Å². The highest BCUT2D eigenvalue weighted by Gasteiger charge is 2.28. The molecule has 2 rings (SSSR count). The van der Waals surface area contributed by atoms with Gasteiger partial charge < -0.3 is 10.6 Å². The number of likely N-dealkylation sites (tertiary alicyclic amines) is 1. The summed E-state index contributed by atoms with van der Waals surface area (Å²) in [4.78, 5) is 21.8. The number of halogens is 1. The molecule has 0 saturated carbocycles. The van der Waals surface area contributed by atoms with E-state index in [1.165, 1.54) is 12.5 Å². The predicted molar refractivity (Wildman–Crippen MR) is 64.8 cm³/mol. The van der Waals surface area contributed by atoms with Crippen molar-refractivity contribution < 1.29 is 4.79 Å². The van der Waals surface area contributed by atoms with E-state index < -0.39 is 0 Å². The van der Waals surface area contributed by atoms with Crippen LogP contribution in [0.1, 0.15) is 29.8 Å². The van der Waals surface area contributed by atoms with Crippen molar-refractivity contribution >= 4 is 17.5 Å². The minimum atomic E-state index is -0.146. The molecule has 0 spiro atoms. The molecule has 2 N–H and O–H groups in total. The highest BCUT2D eigenvalue weighted by molar-refractivity contribution is 6.33. The first kappa shape index (κ1) is 12.3. The Morgan fingerprint density at radius 3 is 3.12 bits per heavy atom. The molecule has 1 saturated heterocycles. The summed E-state index contributed by atoms with van der Waals surface area (Å²) in [7, 11) is 0. The maximum absolute atomic E-state index is 12.3. The van der Waals surface area contributed by atoms with Gasteiger partial charge in [-0.25, -0.2) is 9.97 Å². The molecule has 1 amide bonds. The number of carbonyl (C=O) groups excluding carboxylic acids is 1. The SMILES string of the molecule is NCC1CCCCN1C(=O)c1ncncc1Cl. The van der Waals surface area contributed by atoms with Gasteiger partial charge in [-0.15, -0.1) is 0 Å². The van der Waals surface area contributed by atoms with Gasteiger partial charge in [-0.3, -0.25) is 4.79 Å². The third kappa shape index (κ3) is 2.56. The molecule has 6 heteroatoms. The van der Waals surface area contributed by atoms with E-state index in [4.69, 9.17) is 17.3 Å². The Kier molecular flexibility index (Phi) is 3.91. The van der Waals surface area contributed by atoms with E-state index >= 15 is 0 Å². The minimum absolute atomic E-state index is 0.0993. The van der Waals surface area contributed by atoms with E-state index in [0.717, 1.165) is 25.8 Å².